The summed E-state index contributed by atoms with van der Waals surface area (Å²) in [6, 6.07) is 0. The van der Waals surface area contributed by atoms with Crippen LogP contribution in [0.15, 0.2) is 0 Å². The van der Waals surface area contributed by atoms with E-state index < -0.39 is 0 Å². The van der Waals surface area contributed by atoms with E-state index in [1.807, 2.05) is 0 Å². The van der Waals surface area contributed by atoms with Crippen LogP contribution in [0, 0.1) is 11.3 Å². The van der Waals surface area contributed by atoms with Gasteiger partial charge in [0.25, 0.3) is 0 Å². The fourth-order valence-corrected chi connectivity index (χ4v) is 2.12. The zero-order chi connectivity index (χ0) is 9.19. The van der Waals surface area contributed by atoms with E-state index in [1.54, 1.807) is 0 Å². The van der Waals surface area contributed by atoms with Gasteiger partial charge in [-0.3, -0.25) is 4.79 Å². The smallest absolute Gasteiger partial charge is 0.141 e. The number of carbonyl (C=O) groups excluding carboxylic acids is 1. The summed E-state index contributed by atoms with van der Waals surface area (Å²) in [7, 11) is 0. The molecule has 1 unspecified atom stereocenters. The van der Waals surface area contributed by atoms with Crippen molar-refractivity contribution in [1.29, 1.82) is 0 Å². The highest BCUT2D eigenvalue weighted by atomic mass is 16.1. The maximum absolute atomic E-state index is 11.8. The van der Waals surface area contributed by atoms with Crippen molar-refractivity contribution in [2.24, 2.45) is 11.3 Å². The largest absolute Gasteiger partial charge is 0.299 e. The van der Waals surface area contributed by atoms with Gasteiger partial charge in [0, 0.05) is 11.3 Å². The summed E-state index contributed by atoms with van der Waals surface area (Å²) in [5.74, 6) is 0.766. The van der Waals surface area contributed by atoms with E-state index in [0.717, 1.165) is 12.8 Å². The molecular formula is C11H20O. The molecule has 1 nitrogen and oxygen atoms in total. The predicted molar refractivity (Wildman–Crippen MR) is 51.0 cm³/mol. The third kappa shape index (κ3) is 2.09. The highest BCUT2D eigenvalue weighted by molar-refractivity contribution is 5.86. The van der Waals surface area contributed by atoms with Crippen molar-refractivity contribution in [3.63, 3.8) is 0 Å². The topological polar surface area (TPSA) is 17.1 Å². The fraction of sp³-hybridized carbons (Fsp3) is 0.909. The Bertz CT molecular complexity index is 170. The molecule has 0 amide bonds. The molecule has 0 aromatic carbocycles. The van der Waals surface area contributed by atoms with Crippen LogP contribution >= 0.6 is 0 Å². The SMILES string of the molecule is CC1CCCCCC(C)(C)C1=O. The van der Waals surface area contributed by atoms with E-state index in [9.17, 15) is 4.79 Å². The summed E-state index contributed by atoms with van der Waals surface area (Å²) in [4.78, 5) is 11.8. The standard InChI is InChI=1S/C11H20O/c1-9-7-5-4-6-8-11(2,3)10(9)12/h9H,4-8H2,1-3H3. The second-order valence-electron chi connectivity index (χ2n) is 4.75. The Hall–Kier alpha value is -0.330. The van der Waals surface area contributed by atoms with E-state index in [2.05, 4.69) is 20.8 Å². The lowest BCUT2D eigenvalue weighted by Gasteiger charge is -2.28. The van der Waals surface area contributed by atoms with Crippen LogP contribution in [0.4, 0.5) is 0 Å². The molecule has 0 aromatic heterocycles. The Labute approximate surface area is 75.5 Å². The van der Waals surface area contributed by atoms with Gasteiger partial charge in [-0.25, -0.2) is 0 Å². The number of rotatable bonds is 0. The first-order chi connectivity index (χ1) is 5.54. The number of ketones is 1. The molecule has 0 aliphatic heterocycles. The average Bonchev–Trinajstić information content (AvgIpc) is 2.00. The highest BCUT2D eigenvalue weighted by Gasteiger charge is 2.31. The monoisotopic (exact) mass is 168 g/mol. The van der Waals surface area contributed by atoms with Crippen LogP contribution < -0.4 is 0 Å². The quantitative estimate of drug-likeness (QED) is 0.543. The summed E-state index contributed by atoms with van der Waals surface area (Å²) < 4.78 is 0. The Morgan fingerprint density at radius 3 is 2.58 bits per heavy atom. The summed E-state index contributed by atoms with van der Waals surface area (Å²) in [6.45, 7) is 6.27. The second-order valence-corrected chi connectivity index (χ2v) is 4.75. The first-order valence-electron chi connectivity index (χ1n) is 5.08. The van der Waals surface area contributed by atoms with Crippen LogP contribution in [-0.4, -0.2) is 5.78 Å². The van der Waals surface area contributed by atoms with Gasteiger partial charge in [0.2, 0.25) is 0 Å². The molecule has 0 bridgehead atoms. The minimum atomic E-state index is -0.0557. The number of hydrogen-bond donors (Lipinski definition) is 0. The van der Waals surface area contributed by atoms with Crippen molar-refractivity contribution in [2.75, 3.05) is 0 Å². The minimum absolute atomic E-state index is 0.0557. The third-order valence-corrected chi connectivity index (χ3v) is 3.05. The Morgan fingerprint density at radius 1 is 1.25 bits per heavy atom. The van der Waals surface area contributed by atoms with Gasteiger partial charge in [0.1, 0.15) is 5.78 Å². The predicted octanol–water partition coefficient (Wildman–Crippen LogP) is 3.18. The van der Waals surface area contributed by atoms with Crippen molar-refractivity contribution in [3.05, 3.63) is 0 Å². The molecule has 0 heterocycles. The molecular weight excluding hydrogens is 148 g/mol. The van der Waals surface area contributed by atoms with Crippen LogP contribution in [0.5, 0.6) is 0 Å². The van der Waals surface area contributed by atoms with Crippen molar-refractivity contribution in [2.45, 2.75) is 52.9 Å². The molecule has 0 spiro atoms. The van der Waals surface area contributed by atoms with Crippen molar-refractivity contribution in [1.82, 2.24) is 0 Å². The summed E-state index contributed by atoms with van der Waals surface area (Å²) in [6.07, 6.45) is 5.95. The van der Waals surface area contributed by atoms with Crippen LogP contribution in [0.2, 0.25) is 0 Å². The van der Waals surface area contributed by atoms with Gasteiger partial charge in [-0.2, -0.15) is 0 Å². The summed E-state index contributed by atoms with van der Waals surface area (Å²) in [5, 5.41) is 0. The Morgan fingerprint density at radius 2 is 1.92 bits per heavy atom. The molecule has 1 aliphatic carbocycles. The number of Topliss-reactive ketones (excluding diaryl/α,β-unsaturated/α-hetero) is 1. The Kier molecular flexibility index (Phi) is 2.92. The number of carbonyl (C=O) groups is 1. The molecule has 0 N–H and O–H groups in total. The van der Waals surface area contributed by atoms with Crippen LogP contribution in [0.3, 0.4) is 0 Å². The van der Waals surface area contributed by atoms with Crippen LogP contribution in [0.25, 0.3) is 0 Å². The van der Waals surface area contributed by atoms with Crippen molar-refractivity contribution >= 4 is 5.78 Å². The van der Waals surface area contributed by atoms with E-state index in [4.69, 9.17) is 0 Å². The average molecular weight is 168 g/mol. The molecule has 0 saturated heterocycles. The third-order valence-electron chi connectivity index (χ3n) is 3.05. The molecule has 1 heteroatoms. The lowest BCUT2D eigenvalue weighted by molar-refractivity contribution is -0.131. The maximum atomic E-state index is 11.8. The van der Waals surface area contributed by atoms with E-state index in [0.29, 0.717) is 11.7 Å². The van der Waals surface area contributed by atoms with Crippen molar-refractivity contribution in [3.8, 4) is 0 Å². The zero-order valence-corrected chi connectivity index (χ0v) is 8.52. The molecule has 1 saturated carbocycles. The van der Waals surface area contributed by atoms with Crippen LogP contribution in [-0.2, 0) is 4.79 Å². The second kappa shape index (κ2) is 3.59. The van der Waals surface area contributed by atoms with Crippen LogP contribution in [0.1, 0.15) is 52.9 Å². The van der Waals surface area contributed by atoms with Gasteiger partial charge < -0.3 is 0 Å². The van der Waals surface area contributed by atoms with Gasteiger partial charge in [0.15, 0.2) is 0 Å². The lowest BCUT2D eigenvalue weighted by atomic mass is 9.74. The first-order valence-corrected chi connectivity index (χ1v) is 5.08. The molecule has 1 fully saturated rings. The normalized spacial score (nSPS) is 30.9. The molecule has 1 atom stereocenters. The van der Waals surface area contributed by atoms with Gasteiger partial charge in [-0.05, 0) is 12.8 Å². The lowest BCUT2D eigenvalue weighted by Crippen LogP contribution is -2.30. The molecule has 12 heavy (non-hydrogen) atoms. The molecule has 0 aromatic rings. The van der Waals surface area contributed by atoms with E-state index in [1.165, 1.54) is 19.3 Å². The molecule has 0 radical (unpaired) electrons. The first kappa shape index (κ1) is 9.76. The minimum Gasteiger partial charge on any atom is -0.299 e. The van der Waals surface area contributed by atoms with Gasteiger partial charge in [-0.15, -0.1) is 0 Å². The molecule has 1 aliphatic rings. The highest BCUT2D eigenvalue weighted by Crippen LogP contribution is 2.32. The van der Waals surface area contributed by atoms with E-state index in [-0.39, 0.29) is 5.41 Å². The van der Waals surface area contributed by atoms with Gasteiger partial charge in [-0.1, -0.05) is 40.0 Å². The van der Waals surface area contributed by atoms with Crippen molar-refractivity contribution < 1.29 is 4.79 Å². The fourth-order valence-electron chi connectivity index (χ4n) is 2.12. The maximum Gasteiger partial charge on any atom is 0.141 e. The number of hydrogen-bond acceptors (Lipinski definition) is 1. The summed E-state index contributed by atoms with van der Waals surface area (Å²) >= 11 is 0. The van der Waals surface area contributed by atoms with Gasteiger partial charge in [0.05, 0.1) is 0 Å². The van der Waals surface area contributed by atoms with E-state index >= 15 is 0 Å². The van der Waals surface area contributed by atoms with Gasteiger partial charge >= 0.3 is 0 Å². The zero-order valence-electron chi connectivity index (χ0n) is 8.52. The Balaban J connectivity index is 2.67. The molecule has 1 rings (SSSR count). The molecule has 70 valence electrons. The summed E-state index contributed by atoms with van der Waals surface area (Å²) in [5.41, 5.74) is -0.0557.